The zero-order chi connectivity index (χ0) is 13.0. The molecule has 2 heterocycles. The van der Waals surface area contributed by atoms with Crippen LogP contribution in [-0.4, -0.2) is 21.8 Å². The number of rotatable bonds is 2. The van der Waals surface area contributed by atoms with E-state index in [2.05, 4.69) is 36.7 Å². The molecule has 0 aromatic carbocycles. The average Bonchev–Trinajstić information content (AvgIpc) is 2.83. The lowest BCUT2D eigenvalue weighted by Crippen LogP contribution is -2.41. The topological polar surface area (TPSA) is 86.9 Å². The van der Waals surface area contributed by atoms with Crippen molar-refractivity contribution in [1.29, 1.82) is 0 Å². The molecule has 0 unspecified atom stereocenters. The van der Waals surface area contributed by atoms with Crippen LogP contribution in [0.25, 0.3) is 0 Å². The van der Waals surface area contributed by atoms with E-state index >= 15 is 0 Å². The number of hydrazine groups is 1. The fourth-order valence-electron chi connectivity index (χ4n) is 1.26. The van der Waals surface area contributed by atoms with Crippen LogP contribution in [0.2, 0.25) is 0 Å². The third-order valence-electron chi connectivity index (χ3n) is 2.12. The van der Waals surface area contributed by atoms with Crippen molar-refractivity contribution in [1.82, 2.24) is 20.8 Å². The molecular weight excluding hydrogens is 300 g/mol. The molecule has 18 heavy (non-hydrogen) atoms. The van der Waals surface area contributed by atoms with Crippen molar-refractivity contribution < 1.29 is 9.59 Å². The lowest BCUT2D eigenvalue weighted by molar-refractivity contribution is 0.0844. The second-order valence-corrected chi connectivity index (χ2v) is 4.29. The van der Waals surface area contributed by atoms with Crippen molar-refractivity contribution >= 4 is 27.7 Å². The standard InChI is InChI=1S/C11H9BrN4O2/c12-8-5-9(14-6-8)11(18)16-15-10(17)7-1-3-13-4-2-7/h1-6,14H,(H,15,17)(H,16,18). The molecule has 2 amide bonds. The molecule has 0 bridgehead atoms. The molecule has 0 radical (unpaired) electrons. The minimum Gasteiger partial charge on any atom is -0.356 e. The Morgan fingerprint density at radius 2 is 1.83 bits per heavy atom. The number of amides is 2. The van der Waals surface area contributed by atoms with Gasteiger partial charge in [0.05, 0.1) is 0 Å². The van der Waals surface area contributed by atoms with Crippen LogP contribution in [0.4, 0.5) is 0 Å². The van der Waals surface area contributed by atoms with Crippen LogP contribution in [0.5, 0.6) is 0 Å². The van der Waals surface area contributed by atoms with E-state index in [0.717, 1.165) is 4.47 Å². The monoisotopic (exact) mass is 308 g/mol. The molecule has 6 nitrogen and oxygen atoms in total. The van der Waals surface area contributed by atoms with E-state index in [4.69, 9.17) is 0 Å². The smallest absolute Gasteiger partial charge is 0.286 e. The number of carbonyl (C=O) groups is 2. The highest BCUT2D eigenvalue weighted by Crippen LogP contribution is 2.09. The van der Waals surface area contributed by atoms with Gasteiger partial charge >= 0.3 is 0 Å². The summed E-state index contributed by atoms with van der Waals surface area (Å²) in [4.78, 5) is 29.8. The van der Waals surface area contributed by atoms with E-state index < -0.39 is 11.8 Å². The molecule has 0 atom stereocenters. The Morgan fingerprint density at radius 3 is 2.44 bits per heavy atom. The Bertz CT molecular complexity index is 567. The summed E-state index contributed by atoms with van der Waals surface area (Å²) in [6.07, 6.45) is 4.62. The van der Waals surface area contributed by atoms with Gasteiger partial charge in [-0.1, -0.05) is 0 Å². The highest BCUT2D eigenvalue weighted by molar-refractivity contribution is 9.10. The Balaban J connectivity index is 1.92. The fourth-order valence-corrected chi connectivity index (χ4v) is 1.60. The number of carbonyl (C=O) groups excluding carboxylic acids is 2. The Kier molecular flexibility index (Phi) is 3.73. The molecule has 0 saturated heterocycles. The molecule has 0 saturated carbocycles. The molecule has 92 valence electrons. The van der Waals surface area contributed by atoms with Gasteiger partial charge in [-0.25, -0.2) is 0 Å². The van der Waals surface area contributed by atoms with E-state index in [1.54, 1.807) is 24.4 Å². The fraction of sp³-hybridized carbons (Fsp3) is 0. The quantitative estimate of drug-likeness (QED) is 0.730. The normalized spacial score (nSPS) is 9.83. The van der Waals surface area contributed by atoms with Crippen molar-refractivity contribution in [3.8, 4) is 0 Å². The summed E-state index contributed by atoms with van der Waals surface area (Å²) < 4.78 is 0.758. The Morgan fingerprint density at radius 1 is 1.17 bits per heavy atom. The van der Waals surface area contributed by atoms with Gasteiger partial charge in [0.25, 0.3) is 11.8 Å². The molecule has 0 aliphatic carbocycles. The SMILES string of the molecule is O=C(NNC(=O)c1cc(Br)c[nH]1)c1ccncc1. The number of pyridine rings is 1. The maximum Gasteiger partial charge on any atom is 0.286 e. The van der Waals surface area contributed by atoms with Crippen molar-refractivity contribution in [2.45, 2.75) is 0 Å². The van der Waals surface area contributed by atoms with Crippen LogP contribution >= 0.6 is 15.9 Å². The third kappa shape index (κ3) is 2.95. The van der Waals surface area contributed by atoms with E-state index in [0.29, 0.717) is 11.3 Å². The summed E-state index contributed by atoms with van der Waals surface area (Å²) in [6, 6.07) is 4.70. The Hall–Kier alpha value is -2.15. The van der Waals surface area contributed by atoms with Crippen molar-refractivity contribution in [3.05, 3.63) is 52.5 Å². The van der Waals surface area contributed by atoms with Gasteiger partial charge in [0.1, 0.15) is 5.69 Å². The first-order valence-electron chi connectivity index (χ1n) is 5.01. The van der Waals surface area contributed by atoms with Gasteiger partial charge in [0.2, 0.25) is 0 Å². The largest absolute Gasteiger partial charge is 0.356 e. The number of H-pyrrole nitrogens is 1. The minimum absolute atomic E-state index is 0.344. The second kappa shape index (κ2) is 5.46. The summed E-state index contributed by atoms with van der Waals surface area (Å²) in [5, 5.41) is 0. The first kappa shape index (κ1) is 12.3. The van der Waals surface area contributed by atoms with Crippen molar-refractivity contribution in [3.63, 3.8) is 0 Å². The minimum atomic E-state index is -0.428. The van der Waals surface area contributed by atoms with Gasteiger partial charge in [-0.2, -0.15) is 0 Å². The highest BCUT2D eigenvalue weighted by Gasteiger charge is 2.09. The van der Waals surface area contributed by atoms with E-state index in [-0.39, 0.29) is 0 Å². The number of nitrogens with one attached hydrogen (secondary N) is 3. The van der Waals surface area contributed by atoms with Gasteiger partial charge in [0, 0.05) is 28.6 Å². The van der Waals surface area contributed by atoms with Crippen molar-refractivity contribution in [2.75, 3.05) is 0 Å². The molecule has 0 spiro atoms. The number of hydrogen-bond donors (Lipinski definition) is 3. The van der Waals surface area contributed by atoms with Gasteiger partial charge in [-0.3, -0.25) is 25.4 Å². The lowest BCUT2D eigenvalue weighted by Gasteiger charge is -2.05. The molecule has 2 aromatic rings. The van der Waals surface area contributed by atoms with E-state index in [1.165, 1.54) is 12.4 Å². The van der Waals surface area contributed by atoms with Crippen molar-refractivity contribution in [2.24, 2.45) is 0 Å². The second-order valence-electron chi connectivity index (χ2n) is 3.38. The third-order valence-corrected chi connectivity index (χ3v) is 2.58. The predicted octanol–water partition coefficient (Wildman–Crippen LogP) is 1.25. The van der Waals surface area contributed by atoms with Gasteiger partial charge in [0.15, 0.2) is 0 Å². The molecule has 2 rings (SSSR count). The molecule has 3 N–H and O–H groups in total. The lowest BCUT2D eigenvalue weighted by atomic mass is 10.3. The number of halogens is 1. The number of nitrogens with zero attached hydrogens (tertiary/aromatic N) is 1. The summed E-state index contributed by atoms with van der Waals surface area (Å²) in [5.41, 5.74) is 5.36. The van der Waals surface area contributed by atoms with E-state index in [1.807, 2.05) is 0 Å². The van der Waals surface area contributed by atoms with Crippen LogP contribution in [0.15, 0.2) is 41.3 Å². The molecular formula is C11H9BrN4O2. The summed E-state index contributed by atoms with van der Waals surface area (Å²) in [6.45, 7) is 0. The van der Waals surface area contributed by atoms with Crippen LogP contribution in [0.3, 0.4) is 0 Å². The Labute approximate surface area is 111 Å². The molecule has 2 aromatic heterocycles. The number of hydrogen-bond acceptors (Lipinski definition) is 3. The maximum atomic E-state index is 11.6. The first-order chi connectivity index (χ1) is 8.66. The number of aromatic nitrogens is 2. The average molecular weight is 309 g/mol. The highest BCUT2D eigenvalue weighted by atomic mass is 79.9. The van der Waals surface area contributed by atoms with Gasteiger partial charge in [-0.05, 0) is 34.1 Å². The van der Waals surface area contributed by atoms with Crippen LogP contribution in [0, 0.1) is 0 Å². The summed E-state index contributed by atoms with van der Waals surface area (Å²) in [7, 11) is 0. The van der Waals surface area contributed by atoms with Crippen LogP contribution < -0.4 is 10.9 Å². The predicted molar refractivity (Wildman–Crippen MR) is 67.7 cm³/mol. The maximum absolute atomic E-state index is 11.6. The summed E-state index contributed by atoms with van der Waals surface area (Å²) >= 11 is 3.21. The number of aromatic amines is 1. The summed E-state index contributed by atoms with van der Waals surface area (Å²) in [5.74, 6) is -0.834. The zero-order valence-electron chi connectivity index (χ0n) is 9.11. The molecule has 0 aliphatic heterocycles. The van der Waals surface area contributed by atoms with Gasteiger partial charge in [-0.15, -0.1) is 0 Å². The molecule has 0 fully saturated rings. The van der Waals surface area contributed by atoms with Crippen LogP contribution in [-0.2, 0) is 0 Å². The molecule has 0 aliphatic rings. The van der Waals surface area contributed by atoms with E-state index in [9.17, 15) is 9.59 Å². The molecule has 7 heteroatoms. The first-order valence-corrected chi connectivity index (χ1v) is 5.81. The zero-order valence-corrected chi connectivity index (χ0v) is 10.7. The van der Waals surface area contributed by atoms with Crippen LogP contribution in [0.1, 0.15) is 20.8 Å². The van der Waals surface area contributed by atoms with Gasteiger partial charge < -0.3 is 4.98 Å².